The lowest BCUT2D eigenvalue weighted by Crippen LogP contribution is -2.24. The summed E-state index contributed by atoms with van der Waals surface area (Å²) in [4.78, 5) is 29.7. The van der Waals surface area contributed by atoms with Gasteiger partial charge in [-0.3, -0.25) is 9.59 Å². The number of aryl methyl sites for hydroxylation is 1. The van der Waals surface area contributed by atoms with Gasteiger partial charge in [0.25, 0.3) is 0 Å². The fourth-order valence-corrected chi connectivity index (χ4v) is 3.57. The van der Waals surface area contributed by atoms with Crippen molar-refractivity contribution in [3.8, 4) is 11.5 Å². The Balaban J connectivity index is 1.87. The molecule has 0 saturated heterocycles. The molecule has 0 radical (unpaired) electrons. The van der Waals surface area contributed by atoms with Crippen LogP contribution in [0.5, 0.6) is 11.5 Å². The van der Waals surface area contributed by atoms with Crippen molar-refractivity contribution in [1.82, 2.24) is 0 Å². The summed E-state index contributed by atoms with van der Waals surface area (Å²) in [5.74, 6) is 1.03. The van der Waals surface area contributed by atoms with Gasteiger partial charge in [-0.15, -0.1) is 0 Å². The molecule has 0 spiro atoms. The first-order valence-electron chi connectivity index (χ1n) is 10.3. The number of nitrogens with zero attached hydrogens (tertiary/aromatic N) is 1. The topological polar surface area (TPSA) is 74.2 Å². The van der Waals surface area contributed by atoms with Crippen molar-refractivity contribution < 1.29 is 23.9 Å². The van der Waals surface area contributed by atoms with Gasteiger partial charge in [0.15, 0.2) is 5.78 Å². The summed E-state index contributed by atoms with van der Waals surface area (Å²) in [5, 5.41) is 3.97. The molecule has 162 valence electrons. The van der Waals surface area contributed by atoms with Gasteiger partial charge < -0.3 is 14.3 Å². The number of ketones is 1. The standard InChI is InChI=1S/C25H27NO5/c1-5-29-26-17(3)25-23(28)14-20(15-24(25)30-18(4)27)19-7-6-8-22(13-19)31-21-11-9-16(2)10-12-21/h6-13,20H,5,14-15H2,1-4H3. The second kappa shape index (κ2) is 10.1. The molecule has 0 aromatic heterocycles. The maximum absolute atomic E-state index is 13.0. The second-order valence-corrected chi connectivity index (χ2v) is 7.50. The van der Waals surface area contributed by atoms with Crippen LogP contribution in [-0.4, -0.2) is 24.1 Å². The van der Waals surface area contributed by atoms with Crippen LogP contribution in [-0.2, 0) is 19.2 Å². The number of hydrogen-bond donors (Lipinski definition) is 0. The maximum atomic E-state index is 13.0. The van der Waals surface area contributed by atoms with Gasteiger partial charge in [0.2, 0.25) is 0 Å². The van der Waals surface area contributed by atoms with Crippen LogP contribution in [0.4, 0.5) is 0 Å². The van der Waals surface area contributed by atoms with E-state index in [4.69, 9.17) is 14.3 Å². The number of benzene rings is 2. The minimum absolute atomic E-state index is 0.127. The lowest BCUT2D eigenvalue weighted by Gasteiger charge is -2.26. The Kier molecular flexibility index (Phi) is 7.23. The molecule has 0 heterocycles. The van der Waals surface area contributed by atoms with Crippen molar-refractivity contribution in [2.75, 3.05) is 6.61 Å². The molecule has 1 atom stereocenters. The zero-order chi connectivity index (χ0) is 22.4. The molecule has 0 aliphatic heterocycles. The normalized spacial score (nSPS) is 16.8. The van der Waals surface area contributed by atoms with Crippen molar-refractivity contribution in [2.24, 2.45) is 5.16 Å². The Morgan fingerprint density at radius 2 is 1.81 bits per heavy atom. The fourth-order valence-electron chi connectivity index (χ4n) is 3.57. The van der Waals surface area contributed by atoms with Crippen molar-refractivity contribution in [2.45, 2.75) is 46.5 Å². The Morgan fingerprint density at radius 3 is 2.48 bits per heavy atom. The smallest absolute Gasteiger partial charge is 0.307 e. The van der Waals surface area contributed by atoms with Crippen LogP contribution in [0.1, 0.15) is 50.7 Å². The van der Waals surface area contributed by atoms with E-state index in [2.05, 4.69) is 5.16 Å². The number of ether oxygens (including phenoxy) is 2. The molecule has 1 aliphatic carbocycles. The predicted octanol–water partition coefficient (Wildman–Crippen LogP) is 5.46. The number of oxime groups is 1. The average molecular weight is 421 g/mol. The first-order chi connectivity index (χ1) is 14.9. The van der Waals surface area contributed by atoms with Gasteiger partial charge in [0, 0.05) is 19.8 Å². The second-order valence-electron chi connectivity index (χ2n) is 7.50. The molecule has 2 aromatic rings. The number of hydrogen-bond acceptors (Lipinski definition) is 6. The van der Waals surface area contributed by atoms with Gasteiger partial charge in [-0.2, -0.15) is 0 Å². The lowest BCUT2D eigenvalue weighted by molar-refractivity contribution is -0.137. The number of carbonyl (C=O) groups is 2. The van der Waals surface area contributed by atoms with Gasteiger partial charge in [0.1, 0.15) is 23.9 Å². The minimum atomic E-state index is -0.471. The minimum Gasteiger partial charge on any atom is -0.457 e. The highest BCUT2D eigenvalue weighted by molar-refractivity contribution is 6.22. The average Bonchev–Trinajstić information content (AvgIpc) is 2.73. The van der Waals surface area contributed by atoms with E-state index in [9.17, 15) is 9.59 Å². The van der Waals surface area contributed by atoms with E-state index in [1.54, 1.807) is 6.92 Å². The molecule has 1 aliphatic rings. The van der Waals surface area contributed by atoms with Gasteiger partial charge in [-0.25, -0.2) is 0 Å². The van der Waals surface area contributed by atoms with E-state index >= 15 is 0 Å². The predicted molar refractivity (Wildman–Crippen MR) is 118 cm³/mol. The summed E-state index contributed by atoms with van der Waals surface area (Å²) >= 11 is 0. The Morgan fingerprint density at radius 1 is 1.06 bits per heavy atom. The molecule has 6 heteroatoms. The third-order valence-electron chi connectivity index (χ3n) is 4.97. The maximum Gasteiger partial charge on any atom is 0.307 e. The number of esters is 1. The van der Waals surface area contributed by atoms with E-state index in [0.717, 1.165) is 16.9 Å². The third kappa shape index (κ3) is 5.81. The highest BCUT2D eigenvalue weighted by atomic mass is 16.6. The van der Waals surface area contributed by atoms with Crippen LogP contribution in [0, 0.1) is 6.92 Å². The van der Waals surface area contributed by atoms with Gasteiger partial charge in [-0.1, -0.05) is 35.0 Å². The van der Waals surface area contributed by atoms with Gasteiger partial charge >= 0.3 is 5.97 Å². The van der Waals surface area contributed by atoms with E-state index in [0.29, 0.717) is 35.8 Å². The summed E-state index contributed by atoms with van der Waals surface area (Å²) in [6, 6.07) is 15.5. The first-order valence-corrected chi connectivity index (χ1v) is 10.3. The molecule has 2 aromatic carbocycles. The van der Waals surface area contributed by atoms with Crippen LogP contribution < -0.4 is 4.74 Å². The molecule has 0 saturated carbocycles. The third-order valence-corrected chi connectivity index (χ3v) is 4.97. The molecule has 0 bridgehead atoms. The van der Waals surface area contributed by atoms with E-state index in [-0.39, 0.29) is 18.1 Å². The van der Waals surface area contributed by atoms with Crippen LogP contribution in [0.2, 0.25) is 0 Å². The molecule has 3 rings (SSSR count). The SMILES string of the molecule is CCON=C(C)C1=C(OC(C)=O)CC(c2cccc(Oc3ccc(C)cc3)c2)CC1=O. The molecular formula is C25H27NO5. The fraction of sp³-hybridized carbons (Fsp3) is 0.320. The monoisotopic (exact) mass is 421 g/mol. The summed E-state index contributed by atoms with van der Waals surface area (Å²) in [5.41, 5.74) is 2.84. The molecule has 1 unspecified atom stereocenters. The summed E-state index contributed by atoms with van der Waals surface area (Å²) < 4.78 is 11.4. The van der Waals surface area contributed by atoms with E-state index in [1.165, 1.54) is 6.92 Å². The van der Waals surface area contributed by atoms with Crippen LogP contribution in [0.25, 0.3) is 0 Å². The molecule has 31 heavy (non-hydrogen) atoms. The Labute approximate surface area is 182 Å². The lowest BCUT2D eigenvalue weighted by atomic mass is 9.81. The number of Topliss-reactive ketones (excluding diaryl/α,β-unsaturated/α-hetero) is 1. The highest BCUT2D eigenvalue weighted by Gasteiger charge is 2.32. The summed E-state index contributed by atoms with van der Waals surface area (Å²) in [6.45, 7) is 7.22. The zero-order valence-corrected chi connectivity index (χ0v) is 18.3. The summed E-state index contributed by atoms with van der Waals surface area (Å²) in [7, 11) is 0. The van der Waals surface area contributed by atoms with Crippen LogP contribution in [0.3, 0.4) is 0 Å². The number of rotatable bonds is 7. The van der Waals surface area contributed by atoms with Crippen LogP contribution >= 0.6 is 0 Å². The van der Waals surface area contributed by atoms with Crippen molar-refractivity contribution in [3.05, 3.63) is 71.0 Å². The Bertz CT molecular complexity index is 1020. The van der Waals surface area contributed by atoms with Crippen molar-refractivity contribution >= 4 is 17.5 Å². The Hall–Kier alpha value is -3.41. The number of allylic oxidation sites excluding steroid dienone is 2. The zero-order valence-electron chi connectivity index (χ0n) is 18.3. The highest BCUT2D eigenvalue weighted by Crippen LogP contribution is 2.37. The van der Waals surface area contributed by atoms with Gasteiger partial charge in [0.05, 0.1) is 11.3 Å². The van der Waals surface area contributed by atoms with E-state index < -0.39 is 5.97 Å². The van der Waals surface area contributed by atoms with E-state index in [1.807, 2.05) is 62.4 Å². The van der Waals surface area contributed by atoms with Gasteiger partial charge in [-0.05, 0) is 56.5 Å². The molecule has 6 nitrogen and oxygen atoms in total. The molecular weight excluding hydrogens is 394 g/mol. The van der Waals surface area contributed by atoms with Crippen molar-refractivity contribution in [3.63, 3.8) is 0 Å². The largest absolute Gasteiger partial charge is 0.457 e. The molecule has 0 amide bonds. The van der Waals surface area contributed by atoms with Crippen molar-refractivity contribution in [1.29, 1.82) is 0 Å². The van der Waals surface area contributed by atoms with Crippen LogP contribution in [0.15, 0.2) is 65.0 Å². The quantitative estimate of drug-likeness (QED) is 0.337. The molecule has 0 fully saturated rings. The number of carbonyl (C=O) groups excluding carboxylic acids is 2. The summed E-state index contributed by atoms with van der Waals surface area (Å²) in [6.07, 6.45) is 0.695. The molecule has 0 N–H and O–H groups in total. The first kappa shape index (κ1) is 22.3.